The summed E-state index contributed by atoms with van der Waals surface area (Å²) in [6, 6.07) is 58.8. The van der Waals surface area contributed by atoms with Gasteiger partial charge in [0.2, 0.25) is 0 Å². The Labute approximate surface area is 314 Å². The average Bonchev–Trinajstić information content (AvgIpc) is 3.79. The molecule has 0 radical (unpaired) electrons. The van der Waals surface area contributed by atoms with Gasteiger partial charge in [0.15, 0.2) is 0 Å². The molecule has 53 heavy (non-hydrogen) atoms. The van der Waals surface area contributed by atoms with Crippen LogP contribution in [0.2, 0.25) is 0 Å². The molecule has 252 valence electrons. The van der Waals surface area contributed by atoms with Gasteiger partial charge >= 0.3 is 0 Å². The van der Waals surface area contributed by atoms with Crippen molar-refractivity contribution in [2.75, 3.05) is 9.80 Å². The minimum atomic E-state index is 0.738. The SMILES string of the molecule is c1ccc(N(c2ccccn2)c2cc(Oc3cc(N(c4ccccc4)c4ccccn4)c4sc5ccccc5c4c3)cc3c2sc2ccccc23)cc1. The number of rotatable bonds is 8. The Morgan fingerprint density at radius 3 is 1.25 bits per heavy atom. The number of para-hydroxylation sites is 2. The van der Waals surface area contributed by atoms with Crippen molar-refractivity contribution in [3.8, 4) is 11.5 Å². The number of pyridine rings is 2. The first kappa shape index (κ1) is 31.2. The number of aromatic nitrogens is 2. The molecule has 0 atom stereocenters. The fourth-order valence-electron chi connectivity index (χ4n) is 7.07. The highest BCUT2D eigenvalue weighted by atomic mass is 32.1. The van der Waals surface area contributed by atoms with Gasteiger partial charge < -0.3 is 4.74 Å². The molecule has 0 aliphatic carbocycles. The summed E-state index contributed by atoms with van der Waals surface area (Å²) in [7, 11) is 0. The van der Waals surface area contributed by atoms with Crippen LogP contribution < -0.4 is 14.5 Å². The Hall–Kier alpha value is -6.54. The highest BCUT2D eigenvalue weighted by Gasteiger charge is 2.23. The molecule has 0 bridgehead atoms. The van der Waals surface area contributed by atoms with E-state index in [1.165, 1.54) is 29.6 Å². The first-order valence-electron chi connectivity index (χ1n) is 17.4. The van der Waals surface area contributed by atoms with E-state index in [-0.39, 0.29) is 0 Å². The van der Waals surface area contributed by atoms with Crippen LogP contribution in [-0.2, 0) is 0 Å². The number of hydrogen-bond donors (Lipinski definition) is 0. The molecule has 4 aromatic heterocycles. The summed E-state index contributed by atoms with van der Waals surface area (Å²) in [5.74, 6) is 3.14. The van der Waals surface area contributed by atoms with E-state index in [0.717, 1.165) is 56.7 Å². The third-order valence-corrected chi connectivity index (χ3v) is 11.8. The van der Waals surface area contributed by atoms with Crippen molar-refractivity contribution in [3.63, 3.8) is 0 Å². The molecule has 4 heterocycles. The quantitative estimate of drug-likeness (QED) is 0.156. The monoisotopic (exact) mass is 718 g/mol. The van der Waals surface area contributed by atoms with Crippen LogP contribution >= 0.6 is 22.7 Å². The van der Waals surface area contributed by atoms with Crippen molar-refractivity contribution < 1.29 is 4.74 Å². The Morgan fingerprint density at radius 2 is 0.811 bits per heavy atom. The van der Waals surface area contributed by atoms with E-state index in [4.69, 9.17) is 14.7 Å². The zero-order valence-corrected chi connectivity index (χ0v) is 30.0. The summed E-state index contributed by atoms with van der Waals surface area (Å²) < 4.78 is 11.8. The van der Waals surface area contributed by atoms with Crippen LogP contribution in [0.5, 0.6) is 11.5 Å². The first-order valence-corrected chi connectivity index (χ1v) is 19.0. The Kier molecular flexibility index (Phi) is 7.78. The average molecular weight is 719 g/mol. The van der Waals surface area contributed by atoms with Gasteiger partial charge in [0.1, 0.15) is 23.1 Å². The van der Waals surface area contributed by atoms with Crippen molar-refractivity contribution >= 4 is 97.4 Å². The molecular weight excluding hydrogens is 689 g/mol. The van der Waals surface area contributed by atoms with Crippen LogP contribution in [0.1, 0.15) is 0 Å². The molecular formula is C46H30N4OS2. The van der Waals surface area contributed by atoms with E-state index >= 15 is 0 Å². The lowest BCUT2D eigenvalue weighted by Crippen LogP contribution is -2.12. The van der Waals surface area contributed by atoms with Gasteiger partial charge in [0, 0.05) is 66.8 Å². The number of ether oxygens (including phenoxy) is 1. The fourth-order valence-corrected chi connectivity index (χ4v) is 9.44. The number of thiophene rings is 2. The van der Waals surface area contributed by atoms with Crippen LogP contribution in [-0.4, -0.2) is 9.97 Å². The molecule has 10 aromatic rings. The van der Waals surface area contributed by atoms with E-state index < -0.39 is 0 Å². The third-order valence-electron chi connectivity index (χ3n) is 9.37. The third kappa shape index (κ3) is 5.63. The number of anilines is 6. The molecule has 0 amide bonds. The van der Waals surface area contributed by atoms with E-state index in [1.54, 1.807) is 22.7 Å². The van der Waals surface area contributed by atoms with Crippen molar-refractivity contribution in [1.29, 1.82) is 0 Å². The predicted octanol–water partition coefficient (Wildman–Crippen LogP) is 13.9. The summed E-state index contributed by atoms with van der Waals surface area (Å²) in [4.78, 5) is 14.1. The second kappa shape index (κ2) is 13.2. The van der Waals surface area contributed by atoms with Crippen LogP contribution in [0, 0.1) is 0 Å². The Morgan fingerprint density at radius 1 is 0.396 bits per heavy atom. The maximum Gasteiger partial charge on any atom is 0.137 e. The normalized spacial score (nSPS) is 11.4. The smallest absolute Gasteiger partial charge is 0.137 e. The van der Waals surface area contributed by atoms with Gasteiger partial charge in [-0.2, -0.15) is 0 Å². The Bertz CT molecular complexity index is 2600. The van der Waals surface area contributed by atoms with Crippen LogP contribution in [0.3, 0.4) is 0 Å². The Balaban J connectivity index is 1.21. The second-order valence-corrected chi connectivity index (χ2v) is 14.8. The van der Waals surface area contributed by atoms with Gasteiger partial charge in [-0.05, 0) is 72.8 Å². The zero-order chi connectivity index (χ0) is 35.1. The molecule has 0 saturated heterocycles. The minimum absolute atomic E-state index is 0.738. The lowest BCUT2D eigenvalue weighted by molar-refractivity contribution is 0.484. The molecule has 6 aromatic carbocycles. The van der Waals surface area contributed by atoms with Gasteiger partial charge in [-0.15, -0.1) is 22.7 Å². The summed E-state index contributed by atoms with van der Waals surface area (Å²) >= 11 is 3.58. The molecule has 0 fully saturated rings. The number of benzene rings is 6. The van der Waals surface area contributed by atoms with Gasteiger partial charge in [0.25, 0.3) is 0 Å². The highest BCUT2D eigenvalue weighted by Crippen LogP contribution is 2.49. The predicted molar refractivity (Wildman–Crippen MR) is 224 cm³/mol. The first-order chi connectivity index (χ1) is 26.3. The molecule has 0 saturated carbocycles. The van der Waals surface area contributed by atoms with E-state index in [2.05, 4.69) is 143 Å². The summed E-state index contributed by atoms with van der Waals surface area (Å²) in [5, 5.41) is 4.66. The summed E-state index contributed by atoms with van der Waals surface area (Å²) in [5.41, 5.74) is 4.05. The molecule has 0 aliphatic rings. The molecule has 0 spiro atoms. The standard InChI is InChI=1S/C46H30N4OS2/c1-3-15-31(16-4-1)49(43-23-11-13-25-47-43)39-29-33(27-37-35-19-7-9-21-41(35)52-45(37)39)51-34-28-38-36-20-8-10-22-42(36)53-46(38)40(30-34)50(32-17-5-2-6-18-32)44-24-12-14-26-48-44/h1-30H. The number of hydrogen-bond acceptors (Lipinski definition) is 7. The minimum Gasteiger partial charge on any atom is -0.457 e. The second-order valence-electron chi connectivity index (χ2n) is 12.7. The van der Waals surface area contributed by atoms with Gasteiger partial charge in [-0.1, -0.05) is 84.9 Å². The molecule has 10 rings (SSSR count). The van der Waals surface area contributed by atoms with Crippen molar-refractivity contribution in [2.24, 2.45) is 0 Å². The maximum absolute atomic E-state index is 7.07. The van der Waals surface area contributed by atoms with Crippen LogP contribution in [0.15, 0.2) is 182 Å². The summed E-state index contributed by atoms with van der Waals surface area (Å²) in [6.45, 7) is 0. The van der Waals surface area contributed by atoms with Crippen LogP contribution in [0.25, 0.3) is 40.3 Å². The fraction of sp³-hybridized carbons (Fsp3) is 0. The number of nitrogens with zero attached hydrogens (tertiary/aromatic N) is 4. The van der Waals surface area contributed by atoms with Crippen LogP contribution in [0.4, 0.5) is 34.4 Å². The van der Waals surface area contributed by atoms with Crippen molar-refractivity contribution in [3.05, 3.63) is 182 Å². The molecule has 7 heteroatoms. The lowest BCUT2D eigenvalue weighted by atomic mass is 10.1. The number of fused-ring (bicyclic) bond motifs is 6. The lowest BCUT2D eigenvalue weighted by Gasteiger charge is -2.26. The molecule has 0 aliphatic heterocycles. The van der Waals surface area contributed by atoms with Gasteiger partial charge in [-0.25, -0.2) is 9.97 Å². The van der Waals surface area contributed by atoms with Gasteiger partial charge in [0.05, 0.1) is 20.8 Å². The maximum atomic E-state index is 7.07. The highest BCUT2D eigenvalue weighted by molar-refractivity contribution is 7.26. The van der Waals surface area contributed by atoms with E-state index in [1.807, 2.05) is 48.8 Å². The summed E-state index contributed by atoms with van der Waals surface area (Å²) in [6.07, 6.45) is 3.69. The van der Waals surface area contributed by atoms with E-state index in [0.29, 0.717) is 0 Å². The van der Waals surface area contributed by atoms with Gasteiger partial charge in [-0.3, -0.25) is 9.80 Å². The topological polar surface area (TPSA) is 41.5 Å². The zero-order valence-electron chi connectivity index (χ0n) is 28.3. The molecule has 5 nitrogen and oxygen atoms in total. The van der Waals surface area contributed by atoms with Crippen molar-refractivity contribution in [2.45, 2.75) is 0 Å². The molecule has 0 unspecified atom stereocenters. The molecule has 0 N–H and O–H groups in total. The van der Waals surface area contributed by atoms with Crippen molar-refractivity contribution in [1.82, 2.24) is 9.97 Å². The van der Waals surface area contributed by atoms with E-state index in [9.17, 15) is 0 Å². The largest absolute Gasteiger partial charge is 0.457 e.